The molecular weight excluding hydrogens is 232 g/mol. The van der Waals surface area contributed by atoms with Crippen molar-refractivity contribution in [3.8, 4) is 11.5 Å². The Labute approximate surface area is 107 Å². The molecule has 0 fully saturated rings. The van der Waals surface area contributed by atoms with Crippen LogP contribution in [-0.4, -0.2) is 24.3 Å². The van der Waals surface area contributed by atoms with Crippen molar-refractivity contribution in [1.82, 2.24) is 0 Å². The lowest BCUT2D eigenvalue weighted by Crippen LogP contribution is -2.25. The first-order valence-electron chi connectivity index (χ1n) is 6.15. The highest BCUT2D eigenvalue weighted by Crippen LogP contribution is 2.33. The molecule has 0 saturated carbocycles. The average Bonchev–Trinajstić information content (AvgIpc) is 2.82. The Hall–Kier alpha value is -1.55. The number of hydrogen-bond acceptors (Lipinski definition) is 4. The molecule has 0 bridgehead atoms. The summed E-state index contributed by atoms with van der Waals surface area (Å²) in [7, 11) is 0. The third-order valence-electron chi connectivity index (χ3n) is 3.11. The summed E-state index contributed by atoms with van der Waals surface area (Å²) in [6.45, 7) is 3.83. The van der Waals surface area contributed by atoms with E-state index >= 15 is 0 Å². The molecule has 2 rings (SSSR count). The molecule has 0 amide bonds. The number of fused-ring (bicyclic) bond motifs is 1. The van der Waals surface area contributed by atoms with Crippen LogP contribution in [-0.2, 0) is 11.2 Å². The normalized spacial score (nSPS) is 14.9. The Morgan fingerprint density at radius 1 is 1.33 bits per heavy atom. The SMILES string of the molecule is CC(C)C(=O)[C@@H](CO)Cc1ccc2c(c1)OCO2. The van der Waals surface area contributed by atoms with Crippen LogP contribution in [0, 0.1) is 11.8 Å². The third kappa shape index (κ3) is 2.64. The smallest absolute Gasteiger partial charge is 0.231 e. The molecular formula is C14H18O4. The number of aliphatic hydroxyl groups excluding tert-OH is 1. The molecule has 4 nitrogen and oxygen atoms in total. The van der Waals surface area contributed by atoms with Gasteiger partial charge in [0, 0.05) is 11.8 Å². The van der Waals surface area contributed by atoms with E-state index < -0.39 is 0 Å². The maximum Gasteiger partial charge on any atom is 0.231 e. The Morgan fingerprint density at radius 3 is 2.72 bits per heavy atom. The highest BCUT2D eigenvalue weighted by atomic mass is 16.7. The molecule has 0 radical (unpaired) electrons. The number of ether oxygens (including phenoxy) is 2. The summed E-state index contributed by atoms with van der Waals surface area (Å²) in [5.74, 6) is 1.13. The van der Waals surface area contributed by atoms with E-state index in [4.69, 9.17) is 9.47 Å². The number of aliphatic hydroxyl groups is 1. The number of ketones is 1. The first kappa shape index (κ1) is 12.9. The molecule has 1 aromatic carbocycles. The molecule has 0 saturated heterocycles. The van der Waals surface area contributed by atoms with Crippen LogP contribution in [0.1, 0.15) is 19.4 Å². The number of Topliss-reactive ketones (excluding diaryl/α,β-unsaturated/α-hetero) is 1. The number of benzene rings is 1. The third-order valence-corrected chi connectivity index (χ3v) is 3.11. The molecule has 1 heterocycles. The van der Waals surface area contributed by atoms with E-state index in [2.05, 4.69) is 0 Å². The summed E-state index contributed by atoms with van der Waals surface area (Å²) in [5.41, 5.74) is 0.979. The molecule has 1 atom stereocenters. The van der Waals surface area contributed by atoms with Crippen LogP contribution in [0.3, 0.4) is 0 Å². The fraction of sp³-hybridized carbons (Fsp3) is 0.500. The van der Waals surface area contributed by atoms with E-state index in [0.717, 1.165) is 11.3 Å². The predicted octanol–water partition coefficient (Wildman–Crippen LogP) is 1.79. The summed E-state index contributed by atoms with van der Waals surface area (Å²) in [6, 6.07) is 5.62. The molecule has 1 aliphatic heterocycles. The first-order chi connectivity index (χ1) is 8.61. The van der Waals surface area contributed by atoms with Crippen molar-refractivity contribution in [3.05, 3.63) is 23.8 Å². The summed E-state index contributed by atoms with van der Waals surface area (Å²) in [5, 5.41) is 9.32. The Bertz CT molecular complexity index is 439. The quantitative estimate of drug-likeness (QED) is 0.865. The van der Waals surface area contributed by atoms with E-state index in [1.807, 2.05) is 32.0 Å². The lowest BCUT2D eigenvalue weighted by molar-refractivity contribution is -0.127. The van der Waals surface area contributed by atoms with Gasteiger partial charge in [-0.2, -0.15) is 0 Å². The van der Waals surface area contributed by atoms with Gasteiger partial charge in [0.25, 0.3) is 0 Å². The van der Waals surface area contributed by atoms with Gasteiger partial charge in [-0.1, -0.05) is 19.9 Å². The fourth-order valence-electron chi connectivity index (χ4n) is 2.08. The number of hydrogen-bond donors (Lipinski definition) is 1. The molecule has 0 unspecified atom stereocenters. The van der Waals surface area contributed by atoms with E-state index in [1.165, 1.54) is 0 Å². The van der Waals surface area contributed by atoms with Gasteiger partial charge in [-0.25, -0.2) is 0 Å². The van der Waals surface area contributed by atoms with Gasteiger partial charge in [0.05, 0.1) is 6.61 Å². The standard InChI is InChI=1S/C14H18O4/c1-9(2)14(16)11(7-15)5-10-3-4-12-13(6-10)18-8-17-12/h3-4,6,9,11,15H,5,7-8H2,1-2H3/t11-/m1/s1. The molecule has 0 spiro atoms. The summed E-state index contributed by atoms with van der Waals surface area (Å²) in [4.78, 5) is 11.9. The van der Waals surface area contributed by atoms with Gasteiger partial charge in [0.1, 0.15) is 5.78 Å². The maximum absolute atomic E-state index is 11.9. The van der Waals surface area contributed by atoms with Crippen LogP contribution in [0.2, 0.25) is 0 Å². The minimum Gasteiger partial charge on any atom is -0.454 e. The summed E-state index contributed by atoms with van der Waals surface area (Å²) < 4.78 is 10.5. The number of carbonyl (C=O) groups is 1. The molecule has 0 aromatic heterocycles. The van der Waals surface area contributed by atoms with Gasteiger partial charge in [-0.15, -0.1) is 0 Å². The van der Waals surface area contributed by atoms with E-state index in [1.54, 1.807) is 0 Å². The zero-order valence-corrected chi connectivity index (χ0v) is 10.7. The zero-order chi connectivity index (χ0) is 13.1. The molecule has 0 aliphatic carbocycles. The second-order valence-corrected chi connectivity index (χ2v) is 4.83. The summed E-state index contributed by atoms with van der Waals surface area (Å²) in [6.07, 6.45) is 0.532. The van der Waals surface area contributed by atoms with E-state index in [9.17, 15) is 9.90 Å². The van der Waals surface area contributed by atoms with Crippen LogP contribution in [0.15, 0.2) is 18.2 Å². The largest absolute Gasteiger partial charge is 0.454 e. The van der Waals surface area contributed by atoms with Crippen molar-refractivity contribution in [2.75, 3.05) is 13.4 Å². The molecule has 18 heavy (non-hydrogen) atoms. The fourth-order valence-corrected chi connectivity index (χ4v) is 2.08. The Kier molecular flexibility index (Phi) is 3.87. The maximum atomic E-state index is 11.9. The van der Waals surface area contributed by atoms with Crippen LogP contribution in [0.5, 0.6) is 11.5 Å². The van der Waals surface area contributed by atoms with Crippen LogP contribution < -0.4 is 9.47 Å². The van der Waals surface area contributed by atoms with Crippen molar-refractivity contribution in [2.45, 2.75) is 20.3 Å². The minimum absolute atomic E-state index is 0.0591. The van der Waals surface area contributed by atoms with Crippen molar-refractivity contribution >= 4 is 5.78 Å². The van der Waals surface area contributed by atoms with E-state index in [0.29, 0.717) is 12.2 Å². The van der Waals surface area contributed by atoms with Crippen molar-refractivity contribution in [3.63, 3.8) is 0 Å². The van der Waals surface area contributed by atoms with E-state index in [-0.39, 0.29) is 31.0 Å². The van der Waals surface area contributed by atoms with Gasteiger partial charge < -0.3 is 14.6 Å². The second kappa shape index (κ2) is 5.40. The Balaban J connectivity index is 2.10. The van der Waals surface area contributed by atoms with Crippen LogP contribution in [0.25, 0.3) is 0 Å². The van der Waals surface area contributed by atoms with Gasteiger partial charge in [-0.3, -0.25) is 4.79 Å². The first-order valence-corrected chi connectivity index (χ1v) is 6.15. The number of carbonyl (C=O) groups excluding carboxylic acids is 1. The average molecular weight is 250 g/mol. The van der Waals surface area contributed by atoms with Gasteiger partial charge in [0.15, 0.2) is 11.5 Å². The predicted molar refractivity (Wildman–Crippen MR) is 66.7 cm³/mol. The van der Waals surface area contributed by atoms with Crippen molar-refractivity contribution in [1.29, 1.82) is 0 Å². The van der Waals surface area contributed by atoms with Crippen LogP contribution in [0.4, 0.5) is 0 Å². The molecule has 1 aliphatic rings. The zero-order valence-electron chi connectivity index (χ0n) is 10.7. The molecule has 1 aromatic rings. The molecule has 98 valence electrons. The second-order valence-electron chi connectivity index (χ2n) is 4.83. The van der Waals surface area contributed by atoms with Gasteiger partial charge in [0.2, 0.25) is 6.79 Å². The van der Waals surface area contributed by atoms with Crippen LogP contribution >= 0.6 is 0 Å². The molecule has 1 N–H and O–H groups in total. The van der Waals surface area contributed by atoms with Gasteiger partial charge >= 0.3 is 0 Å². The van der Waals surface area contributed by atoms with Crippen molar-refractivity contribution < 1.29 is 19.4 Å². The lowest BCUT2D eigenvalue weighted by atomic mass is 9.90. The minimum atomic E-state index is -0.342. The number of rotatable bonds is 5. The van der Waals surface area contributed by atoms with Crippen molar-refractivity contribution in [2.24, 2.45) is 11.8 Å². The monoisotopic (exact) mass is 250 g/mol. The highest BCUT2D eigenvalue weighted by Gasteiger charge is 2.22. The lowest BCUT2D eigenvalue weighted by Gasteiger charge is -2.15. The highest BCUT2D eigenvalue weighted by molar-refractivity contribution is 5.83. The molecule has 4 heteroatoms. The topological polar surface area (TPSA) is 55.8 Å². The summed E-state index contributed by atoms with van der Waals surface area (Å²) >= 11 is 0. The van der Waals surface area contributed by atoms with Gasteiger partial charge in [-0.05, 0) is 24.1 Å². The Morgan fingerprint density at radius 2 is 2.06 bits per heavy atom.